The zero-order chi connectivity index (χ0) is 13.1. The summed E-state index contributed by atoms with van der Waals surface area (Å²) in [4.78, 5) is 0.723. The molecule has 2 rings (SSSR count). The summed E-state index contributed by atoms with van der Waals surface area (Å²) >= 11 is 4.78. The van der Waals surface area contributed by atoms with Gasteiger partial charge >= 0.3 is 0 Å². The van der Waals surface area contributed by atoms with Crippen LogP contribution < -0.4 is 4.72 Å². The quantitative estimate of drug-likeness (QED) is 0.812. The summed E-state index contributed by atoms with van der Waals surface area (Å²) in [7, 11) is -1.30. The first-order chi connectivity index (χ1) is 8.60. The summed E-state index contributed by atoms with van der Waals surface area (Å²) in [6.07, 6.45) is 1.25. The lowest BCUT2D eigenvalue weighted by atomic mass is 10.2. The molecule has 0 bridgehead atoms. The van der Waals surface area contributed by atoms with Crippen molar-refractivity contribution in [2.45, 2.75) is 11.8 Å². The van der Waals surface area contributed by atoms with E-state index in [9.17, 15) is 4.21 Å². The van der Waals surface area contributed by atoms with E-state index in [1.54, 1.807) is 0 Å². The van der Waals surface area contributed by atoms with Gasteiger partial charge in [-0.3, -0.25) is 4.72 Å². The first-order valence-corrected chi connectivity index (χ1v) is 7.91. The van der Waals surface area contributed by atoms with Crippen molar-refractivity contribution in [2.24, 2.45) is 0 Å². The van der Waals surface area contributed by atoms with E-state index in [1.807, 2.05) is 37.3 Å². The molecule has 0 saturated heterocycles. The zero-order valence-corrected chi connectivity index (χ0v) is 12.8. The van der Waals surface area contributed by atoms with Crippen molar-refractivity contribution in [2.75, 3.05) is 4.72 Å². The van der Waals surface area contributed by atoms with E-state index in [0.717, 1.165) is 24.8 Å². The van der Waals surface area contributed by atoms with E-state index in [2.05, 4.69) is 20.7 Å². The monoisotopic (exact) mass is 342 g/mol. The fourth-order valence-electron chi connectivity index (χ4n) is 1.37. The van der Waals surface area contributed by atoms with Crippen molar-refractivity contribution in [3.63, 3.8) is 0 Å². The summed E-state index contributed by atoms with van der Waals surface area (Å²) in [5, 5.41) is 8.03. The Morgan fingerprint density at radius 2 is 2.06 bits per heavy atom. The Bertz CT molecular complexity index is 593. The van der Waals surface area contributed by atoms with Crippen LogP contribution in [0.2, 0.25) is 0 Å². The maximum absolute atomic E-state index is 12.1. The fraction of sp³-hybridized carbons (Fsp3) is 0.0833. The first-order valence-electron chi connectivity index (χ1n) is 5.15. The summed E-state index contributed by atoms with van der Waals surface area (Å²) < 4.78 is 16.0. The summed E-state index contributed by atoms with van der Waals surface area (Å²) in [6.45, 7) is 1.99. The van der Waals surface area contributed by atoms with Gasteiger partial charge in [0.2, 0.25) is 0 Å². The normalized spacial score (nSPS) is 12.1. The third-order valence-electron chi connectivity index (χ3n) is 2.31. The van der Waals surface area contributed by atoms with Gasteiger partial charge in [0.1, 0.15) is 5.00 Å². The summed E-state index contributed by atoms with van der Waals surface area (Å²) in [5.74, 6) is 0. The van der Waals surface area contributed by atoms with Gasteiger partial charge in [-0.2, -0.15) is 0 Å². The Morgan fingerprint density at radius 3 is 2.67 bits per heavy atom. The number of nitrogens with one attached hydrogen (secondary N) is 2. The molecule has 1 heterocycles. The number of thiophene rings is 1. The minimum absolute atomic E-state index is 0.723. The van der Waals surface area contributed by atoms with Gasteiger partial charge in [0.15, 0.2) is 11.0 Å². The van der Waals surface area contributed by atoms with Crippen LogP contribution >= 0.6 is 27.3 Å². The average Bonchev–Trinajstić information content (AvgIpc) is 2.70. The van der Waals surface area contributed by atoms with Crippen LogP contribution in [0.15, 0.2) is 39.0 Å². The molecule has 1 atom stereocenters. The van der Waals surface area contributed by atoms with Crippen LogP contribution in [0.4, 0.5) is 5.00 Å². The Morgan fingerprint density at radius 1 is 1.39 bits per heavy atom. The lowest BCUT2D eigenvalue weighted by Gasteiger charge is -2.05. The Balaban J connectivity index is 2.20. The average molecular weight is 343 g/mol. The van der Waals surface area contributed by atoms with Gasteiger partial charge in [0, 0.05) is 11.8 Å². The van der Waals surface area contributed by atoms with Crippen LogP contribution in [0.3, 0.4) is 0 Å². The molecule has 0 aliphatic heterocycles. The SMILES string of the molecule is Cc1ccc(S(=O)Nc2sc(Br)cc2C=N)cc1. The maximum atomic E-state index is 12.1. The van der Waals surface area contributed by atoms with Crippen molar-refractivity contribution >= 4 is 49.5 Å². The highest BCUT2D eigenvalue weighted by molar-refractivity contribution is 9.11. The third kappa shape index (κ3) is 3.07. The second-order valence-corrected chi connectivity index (χ2v) is 7.31. The highest BCUT2D eigenvalue weighted by atomic mass is 79.9. The molecular weight excluding hydrogens is 332 g/mol. The molecule has 1 unspecified atom stereocenters. The van der Waals surface area contributed by atoms with Crippen LogP contribution in [0.1, 0.15) is 11.1 Å². The van der Waals surface area contributed by atoms with E-state index in [-0.39, 0.29) is 0 Å². The highest BCUT2D eigenvalue weighted by Gasteiger charge is 2.10. The van der Waals surface area contributed by atoms with Crippen molar-refractivity contribution < 1.29 is 4.21 Å². The molecule has 0 aliphatic rings. The van der Waals surface area contributed by atoms with Crippen LogP contribution in [0.25, 0.3) is 0 Å². The molecule has 0 amide bonds. The number of halogens is 1. The van der Waals surface area contributed by atoms with Crippen LogP contribution in [0, 0.1) is 12.3 Å². The molecule has 2 aromatic rings. The van der Waals surface area contributed by atoms with Gasteiger partial charge < -0.3 is 5.41 Å². The molecule has 0 spiro atoms. The lowest BCUT2D eigenvalue weighted by Crippen LogP contribution is -2.04. The number of hydrogen-bond acceptors (Lipinski definition) is 3. The number of rotatable bonds is 4. The summed E-state index contributed by atoms with van der Waals surface area (Å²) in [6, 6.07) is 9.36. The molecule has 1 aromatic carbocycles. The molecule has 0 saturated carbocycles. The third-order valence-corrected chi connectivity index (χ3v) is 5.10. The smallest absolute Gasteiger partial charge is 0.150 e. The van der Waals surface area contributed by atoms with Gasteiger partial charge in [-0.05, 0) is 41.1 Å². The van der Waals surface area contributed by atoms with Gasteiger partial charge in [-0.15, -0.1) is 11.3 Å². The largest absolute Gasteiger partial charge is 0.308 e. The number of aryl methyl sites for hydroxylation is 1. The zero-order valence-electron chi connectivity index (χ0n) is 9.57. The molecule has 0 fully saturated rings. The second kappa shape index (κ2) is 5.77. The molecular formula is C12H11BrN2OS2. The Kier molecular flexibility index (Phi) is 4.31. The van der Waals surface area contributed by atoms with Gasteiger partial charge in [0.05, 0.1) is 8.68 Å². The van der Waals surface area contributed by atoms with E-state index >= 15 is 0 Å². The molecule has 2 N–H and O–H groups in total. The molecule has 6 heteroatoms. The van der Waals surface area contributed by atoms with Crippen molar-refractivity contribution in [1.82, 2.24) is 0 Å². The molecule has 0 radical (unpaired) electrons. The number of hydrogen-bond donors (Lipinski definition) is 2. The van der Waals surface area contributed by atoms with Crippen molar-refractivity contribution in [3.05, 3.63) is 45.2 Å². The molecule has 1 aromatic heterocycles. The van der Waals surface area contributed by atoms with Gasteiger partial charge in [0.25, 0.3) is 0 Å². The minimum Gasteiger partial charge on any atom is -0.308 e. The van der Waals surface area contributed by atoms with E-state index in [0.29, 0.717) is 0 Å². The van der Waals surface area contributed by atoms with Crippen LogP contribution in [-0.2, 0) is 11.0 Å². The Labute approximate surface area is 120 Å². The van der Waals surface area contributed by atoms with Crippen molar-refractivity contribution in [3.8, 4) is 0 Å². The van der Waals surface area contributed by atoms with E-state index in [1.165, 1.54) is 17.6 Å². The molecule has 3 nitrogen and oxygen atoms in total. The minimum atomic E-state index is -1.30. The van der Waals surface area contributed by atoms with Crippen LogP contribution in [0.5, 0.6) is 0 Å². The van der Waals surface area contributed by atoms with Gasteiger partial charge in [-0.1, -0.05) is 17.7 Å². The van der Waals surface area contributed by atoms with E-state index < -0.39 is 11.0 Å². The molecule has 94 valence electrons. The van der Waals surface area contributed by atoms with Crippen LogP contribution in [-0.4, -0.2) is 10.4 Å². The number of anilines is 1. The fourth-order valence-corrected chi connectivity index (χ4v) is 3.90. The predicted octanol–water partition coefficient (Wildman–Crippen LogP) is 3.95. The first kappa shape index (κ1) is 13.5. The van der Waals surface area contributed by atoms with E-state index in [4.69, 9.17) is 5.41 Å². The standard InChI is InChI=1S/C12H11BrN2OS2/c1-8-2-4-10(5-3-8)18(16)15-12-9(7-14)6-11(13)17-12/h2-7,14-15H,1H3. The van der Waals surface area contributed by atoms with Crippen molar-refractivity contribution in [1.29, 1.82) is 5.41 Å². The topological polar surface area (TPSA) is 53.0 Å². The maximum Gasteiger partial charge on any atom is 0.150 e. The Hall–Kier alpha value is -0.980. The molecule has 18 heavy (non-hydrogen) atoms. The highest BCUT2D eigenvalue weighted by Crippen LogP contribution is 2.31. The lowest BCUT2D eigenvalue weighted by molar-refractivity contribution is 0.686. The predicted molar refractivity (Wildman–Crippen MR) is 81.1 cm³/mol. The molecule has 0 aliphatic carbocycles. The number of benzene rings is 1. The second-order valence-electron chi connectivity index (χ2n) is 3.66. The van der Waals surface area contributed by atoms with Gasteiger partial charge in [-0.25, -0.2) is 4.21 Å². The summed E-state index contributed by atoms with van der Waals surface area (Å²) in [5.41, 5.74) is 1.86.